The van der Waals surface area contributed by atoms with Crippen LogP contribution in [0.3, 0.4) is 0 Å². The maximum Gasteiger partial charge on any atom is 0.376 e. The van der Waals surface area contributed by atoms with E-state index in [1.54, 1.807) is 5.98 Å². The van der Waals surface area contributed by atoms with Crippen molar-refractivity contribution in [2.45, 2.75) is 13.3 Å². The van der Waals surface area contributed by atoms with Gasteiger partial charge in [0.2, 0.25) is 0 Å². The SMILES string of the molecule is CC/C(Cl)=C\B(Cl)Cl. The molecular formula is C4H6BCl3. The molecule has 0 amide bonds. The van der Waals surface area contributed by atoms with Crippen LogP contribution in [0.25, 0.3) is 0 Å². The monoisotopic (exact) mass is 170 g/mol. The van der Waals surface area contributed by atoms with Crippen molar-refractivity contribution in [3.63, 3.8) is 0 Å². The van der Waals surface area contributed by atoms with Crippen molar-refractivity contribution >= 4 is 40.1 Å². The highest BCUT2D eigenvalue weighted by Gasteiger charge is 1.99. The van der Waals surface area contributed by atoms with Gasteiger partial charge in [0.25, 0.3) is 0 Å². The first-order valence-corrected chi connectivity index (χ1v) is 3.56. The van der Waals surface area contributed by atoms with Crippen molar-refractivity contribution in [3.05, 3.63) is 11.0 Å². The second-order valence-electron chi connectivity index (χ2n) is 1.30. The smallest absolute Gasteiger partial charge is 0.165 e. The highest BCUT2D eigenvalue weighted by Crippen LogP contribution is 2.09. The topological polar surface area (TPSA) is 0 Å². The third kappa shape index (κ3) is 4.82. The van der Waals surface area contributed by atoms with E-state index >= 15 is 0 Å². The Morgan fingerprint density at radius 3 is 2.25 bits per heavy atom. The van der Waals surface area contributed by atoms with Gasteiger partial charge >= 0.3 is 5.54 Å². The second-order valence-corrected chi connectivity index (χ2v) is 2.95. The molecule has 0 aromatic carbocycles. The predicted molar refractivity (Wildman–Crippen MR) is 41.7 cm³/mol. The molecule has 0 atom stereocenters. The Morgan fingerprint density at radius 2 is 2.12 bits per heavy atom. The van der Waals surface area contributed by atoms with E-state index in [2.05, 4.69) is 0 Å². The first-order chi connectivity index (χ1) is 3.66. The summed E-state index contributed by atoms with van der Waals surface area (Å²) in [5.74, 6) is 1.60. The van der Waals surface area contributed by atoms with Gasteiger partial charge < -0.3 is 0 Å². The molecule has 0 spiro atoms. The van der Waals surface area contributed by atoms with Gasteiger partial charge in [-0.05, 0) is 6.42 Å². The lowest BCUT2D eigenvalue weighted by Crippen LogP contribution is -1.85. The van der Waals surface area contributed by atoms with Crippen LogP contribution in [0.15, 0.2) is 11.0 Å². The fraction of sp³-hybridized carbons (Fsp3) is 0.500. The lowest BCUT2D eigenvalue weighted by atomic mass is 10.1. The Kier molecular flexibility index (Phi) is 4.93. The van der Waals surface area contributed by atoms with Crippen molar-refractivity contribution in [1.82, 2.24) is 0 Å². The highest BCUT2D eigenvalue weighted by molar-refractivity contribution is 7.36. The van der Waals surface area contributed by atoms with E-state index in [-0.39, 0.29) is 0 Å². The van der Waals surface area contributed by atoms with Gasteiger partial charge in [0.05, 0.1) is 0 Å². The van der Waals surface area contributed by atoms with E-state index in [0.717, 1.165) is 6.42 Å². The molecule has 0 rings (SSSR count). The average Bonchev–Trinajstić information content (AvgIpc) is 1.65. The summed E-state index contributed by atoms with van der Waals surface area (Å²) < 4.78 is 0. The van der Waals surface area contributed by atoms with Crippen LogP contribution in [-0.4, -0.2) is 5.54 Å². The van der Waals surface area contributed by atoms with Crippen molar-refractivity contribution in [3.8, 4) is 0 Å². The normalized spacial score (nSPS) is 11.8. The maximum atomic E-state index is 5.55. The fourth-order valence-corrected chi connectivity index (χ4v) is 0.814. The number of halogens is 3. The van der Waals surface area contributed by atoms with Crippen LogP contribution in [0, 0.1) is 0 Å². The Morgan fingerprint density at radius 1 is 1.62 bits per heavy atom. The van der Waals surface area contributed by atoms with Gasteiger partial charge in [0.15, 0.2) is 0 Å². The summed E-state index contributed by atoms with van der Waals surface area (Å²) in [6.45, 7) is 1.94. The summed E-state index contributed by atoms with van der Waals surface area (Å²) in [4.78, 5) is 0. The van der Waals surface area contributed by atoms with Crippen LogP contribution in [0.1, 0.15) is 13.3 Å². The summed E-state index contributed by atoms with van der Waals surface area (Å²) in [6, 6.07) is 0. The zero-order chi connectivity index (χ0) is 6.57. The highest BCUT2D eigenvalue weighted by atomic mass is 35.5. The summed E-state index contributed by atoms with van der Waals surface area (Å²) in [5.41, 5.74) is -0.470. The third-order valence-corrected chi connectivity index (χ3v) is 1.29. The molecule has 8 heavy (non-hydrogen) atoms. The lowest BCUT2D eigenvalue weighted by Gasteiger charge is -1.88. The molecule has 0 aromatic heterocycles. The molecule has 0 saturated heterocycles. The van der Waals surface area contributed by atoms with E-state index in [1.165, 1.54) is 0 Å². The number of hydrogen-bond acceptors (Lipinski definition) is 0. The largest absolute Gasteiger partial charge is 0.376 e. The maximum absolute atomic E-state index is 5.55. The van der Waals surface area contributed by atoms with Crippen molar-refractivity contribution in [2.75, 3.05) is 0 Å². The van der Waals surface area contributed by atoms with Crippen molar-refractivity contribution in [2.24, 2.45) is 0 Å². The molecule has 0 N–H and O–H groups in total. The zero-order valence-corrected chi connectivity index (χ0v) is 6.76. The molecule has 0 heterocycles. The Bertz CT molecular complexity index is 89.3. The van der Waals surface area contributed by atoms with E-state index in [0.29, 0.717) is 5.03 Å². The molecule has 0 nitrogen and oxygen atoms in total. The minimum atomic E-state index is -0.470. The molecule has 0 aliphatic heterocycles. The molecule has 0 bridgehead atoms. The van der Waals surface area contributed by atoms with Gasteiger partial charge in [-0.2, -0.15) is 22.9 Å². The van der Waals surface area contributed by atoms with Crippen molar-refractivity contribution < 1.29 is 0 Å². The fourth-order valence-electron chi connectivity index (χ4n) is 0.255. The molecule has 0 unspecified atom stereocenters. The Balaban J connectivity index is 3.56. The van der Waals surface area contributed by atoms with Gasteiger partial charge in [-0.3, -0.25) is 0 Å². The second kappa shape index (κ2) is 4.54. The minimum Gasteiger partial charge on any atom is -0.165 e. The van der Waals surface area contributed by atoms with Crippen LogP contribution in [0.5, 0.6) is 0 Å². The van der Waals surface area contributed by atoms with Crippen LogP contribution in [0.2, 0.25) is 0 Å². The number of rotatable bonds is 2. The van der Waals surface area contributed by atoms with Crippen molar-refractivity contribution in [1.29, 1.82) is 0 Å². The van der Waals surface area contributed by atoms with Gasteiger partial charge in [-0.1, -0.05) is 24.5 Å². The Labute approximate surface area is 64.7 Å². The van der Waals surface area contributed by atoms with E-state index in [9.17, 15) is 0 Å². The van der Waals surface area contributed by atoms with Gasteiger partial charge in [-0.15, -0.1) is 0 Å². The van der Waals surface area contributed by atoms with Crippen LogP contribution in [0.4, 0.5) is 0 Å². The molecule has 0 radical (unpaired) electrons. The first-order valence-electron chi connectivity index (χ1n) is 2.31. The van der Waals surface area contributed by atoms with Crippen LogP contribution >= 0.6 is 34.5 Å². The number of hydrogen-bond donors (Lipinski definition) is 0. The minimum absolute atomic E-state index is 0.470. The van der Waals surface area contributed by atoms with E-state index in [4.69, 9.17) is 34.5 Å². The Hall–Kier alpha value is 0.675. The van der Waals surface area contributed by atoms with E-state index in [1.807, 2.05) is 6.92 Å². The quantitative estimate of drug-likeness (QED) is 0.560. The molecule has 4 heteroatoms. The molecule has 0 fully saturated rings. The predicted octanol–water partition coefficient (Wildman–Crippen LogP) is 3.02. The first kappa shape index (κ1) is 8.67. The molecule has 0 aromatic rings. The molecule has 0 saturated carbocycles. The average molecular weight is 171 g/mol. The number of allylic oxidation sites excluding steroid dienone is 1. The summed E-state index contributed by atoms with van der Waals surface area (Å²) in [6.07, 6.45) is 0.789. The van der Waals surface area contributed by atoms with Gasteiger partial charge in [0.1, 0.15) is 0 Å². The summed E-state index contributed by atoms with van der Waals surface area (Å²) in [7, 11) is 0. The summed E-state index contributed by atoms with van der Waals surface area (Å²) in [5, 5.41) is 0.708. The van der Waals surface area contributed by atoms with Crippen LogP contribution < -0.4 is 0 Å². The van der Waals surface area contributed by atoms with Gasteiger partial charge in [-0.25, -0.2) is 0 Å². The lowest BCUT2D eigenvalue weighted by molar-refractivity contribution is 1.20. The molecular weight excluding hydrogens is 165 g/mol. The summed E-state index contributed by atoms with van der Waals surface area (Å²) >= 11 is 16.3. The van der Waals surface area contributed by atoms with Gasteiger partial charge in [0, 0.05) is 5.03 Å². The van der Waals surface area contributed by atoms with E-state index < -0.39 is 5.54 Å². The molecule has 46 valence electrons. The standard InChI is InChI=1S/C4H6BCl3/c1-2-4(6)3-5(7)8/h3H,2H2,1H3/b4-3+. The van der Waals surface area contributed by atoms with Crippen LogP contribution in [-0.2, 0) is 0 Å². The molecule has 0 aliphatic rings. The zero-order valence-electron chi connectivity index (χ0n) is 4.50. The molecule has 0 aliphatic carbocycles. The third-order valence-electron chi connectivity index (χ3n) is 0.645.